The SMILES string of the molecule is COc1ccnc(C(=O)NCC(=O)O[C@@H](C)C(c2ccc(F)cc2)c2ccc(F)cc2)c1OC(C)=O. The smallest absolute Gasteiger partial charge is 0.325 e. The summed E-state index contributed by atoms with van der Waals surface area (Å²) in [6.07, 6.45) is 0.536. The summed E-state index contributed by atoms with van der Waals surface area (Å²) in [6.45, 7) is 2.28. The van der Waals surface area contributed by atoms with Crippen molar-refractivity contribution < 1.29 is 37.4 Å². The number of esters is 2. The number of amides is 1. The van der Waals surface area contributed by atoms with Gasteiger partial charge in [-0.3, -0.25) is 14.4 Å². The van der Waals surface area contributed by atoms with Gasteiger partial charge in [0, 0.05) is 25.1 Å². The quantitative estimate of drug-likeness (QED) is 0.448. The number of hydrogen-bond donors (Lipinski definition) is 1. The van der Waals surface area contributed by atoms with Crippen LogP contribution in [0.3, 0.4) is 0 Å². The van der Waals surface area contributed by atoms with Crippen LogP contribution in [0.5, 0.6) is 11.5 Å². The van der Waals surface area contributed by atoms with Crippen LogP contribution in [0, 0.1) is 11.6 Å². The molecule has 188 valence electrons. The zero-order valence-electron chi connectivity index (χ0n) is 19.8. The number of benzene rings is 2. The summed E-state index contributed by atoms with van der Waals surface area (Å²) in [6, 6.07) is 12.8. The van der Waals surface area contributed by atoms with E-state index in [4.69, 9.17) is 14.2 Å². The number of pyridine rings is 1. The third-order valence-corrected chi connectivity index (χ3v) is 5.19. The van der Waals surface area contributed by atoms with Crippen molar-refractivity contribution in [3.8, 4) is 11.5 Å². The highest BCUT2D eigenvalue weighted by molar-refractivity contribution is 5.98. The standard InChI is InChI=1S/C26H24F2N2O6/c1-15(23(17-4-8-19(27)9-5-17)18-6-10-20(28)11-7-18)35-22(32)14-30-26(33)24-25(36-16(2)31)21(34-3)12-13-29-24/h4-13,15,23H,14H2,1-3H3,(H,30,33)/t15-/m0/s1. The third-order valence-electron chi connectivity index (χ3n) is 5.19. The van der Waals surface area contributed by atoms with Gasteiger partial charge in [0.25, 0.3) is 5.91 Å². The van der Waals surface area contributed by atoms with E-state index in [1.165, 1.54) is 43.6 Å². The predicted molar refractivity (Wildman–Crippen MR) is 125 cm³/mol. The van der Waals surface area contributed by atoms with Crippen molar-refractivity contribution in [2.75, 3.05) is 13.7 Å². The van der Waals surface area contributed by atoms with Crippen LogP contribution in [0.4, 0.5) is 8.78 Å². The molecule has 1 N–H and O–H groups in total. The van der Waals surface area contributed by atoms with Crippen LogP contribution in [-0.4, -0.2) is 42.6 Å². The summed E-state index contributed by atoms with van der Waals surface area (Å²) in [5.41, 5.74) is 1.05. The molecule has 0 saturated carbocycles. The van der Waals surface area contributed by atoms with Crippen molar-refractivity contribution in [3.05, 3.63) is 89.2 Å². The average molecular weight is 498 g/mol. The highest BCUT2D eigenvalue weighted by Gasteiger charge is 2.26. The van der Waals surface area contributed by atoms with Gasteiger partial charge in [0.1, 0.15) is 24.3 Å². The number of nitrogens with zero attached hydrogens (tertiary/aromatic N) is 1. The maximum atomic E-state index is 13.5. The van der Waals surface area contributed by atoms with Crippen LogP contribution < -0.4 is 14.8 Å². The topological polar surface area (TPSA) is 104 Å². The lowest BCUT2D eigenvalue weighted by atomic mass is 9.87. The van der Waals surface area contributed by atoms with Gasteiger partial charge in [0.05, 0.1) is 7.11 Å². The molecule has 0 unspecified atom stereocenters. The van der Waals surface area contributed by atoms with E-state index in [0.29, 0.717) is 11.1 Å². The fourth-order valence-corrected chi connectivity index (χ4v) is 3.62. The molecule has 0 bridgehead atoms. The maximum absolute atomic E-state index is 13.5. The number of carbonyl (C=O) groups is 3. The van der Waals surface area contributed by atoms with Crippen molar-refractivity contribution in [1.29, 1.82) is 0 Å². The van der Waals surface area contributed by atoms with E-state index in [2.05, 4.69) is 10.3 Å². The zero-order valence-corrected chi connectivity index (χ0v) is 19.8. The third kappa shape index (κ3) is 6.62. The molecule has 0 fully saturated rings. The second-order valence-corrected chi connectivity index (χ2v) is 7.74. The molecule has 0 aliphatic rings. The minimum atomic E-state index is -0.789. The fraction of sp³-hybridized carbons (Fsp3) is 0.231. The van der Waals surface area contributed by atoms with Crippen LogP contribution in [0.1, 0.15) is 41.4 Å². The summed E-state index contributed by atoms with van der Waals surface area (Å²) < 4.78 is 42.6. The van der Waals surface area contributed by atoms with Crippen LogP contribution >= 0.6 is 0 Å². The van der Waals surface area contributed by atoms with E-state index >= 15 is 0 Å². The number of aromatic nitrogens is 1. The molecular formula is C26H24F2N2O6. The molecule has 0 spiro atoms. The molecule has 1 heterocycles. The molecule has 8 nitrogen and oxygen atoms in total. The minimum absolute atomic E-state index is 0.114. The van der Waals surface area contributed by atoms with Crippen LogP contribution in [-0.2, 0) is 14.3 Å². The van der Waals surface area contributed by atoms with Crippen molar-refractivity contribution >= 4 is 17.8 Å². The molecular weight excluding hydrogens is 474 g/mol. The van der Waals surface area contributed by atoms with Crippen molar-refractivity contribution in [2.24, 2.45) is 0 Å². The lowest BCUT2D eigenvalue weighted by Gasteiger charge is -2.25. The molecule has 0 radical (unpaired) electrons. The van der Waals surface area contributed by atoms with Gasteiger partial charge in [-0.05, 0) is 42.3 Å². The van der Waals surface area contributed by atoms with Gasteiger partial charge in [0.15, 0.2) is 11.4 Å². The van der Waals surface area contributed by atoms with Crippen molar-refractivity contribution in [1.82, 2.24) is 10.3 Å². The Balaban J connectivity index is 1.73. The largest absolute Gasteiger partial charge is 0.493 e. The van der Waals surface area contributed by atoms with Gasteiger partial charge < -0.3 is 19.5 Å². The van der Waals surface area contributed by atoms with Gasteiger partial charge >= 0.3 is 11.9 Å². The Morgan fingerprint density at radius 2 is 1.50 bits per heavy atom. The Hall–Kier alpha value is -4.34. The lowest BCUT2D eigenvalue weighted by molar-refractivity contribution is -0.147. The van der Waals surface area contributed by atoms with E-state index in [9.17, 15) is 23.2 Å². The molecule has 3 rings (SSSR count). The first kappa shape index (κ1) is 26.3. The van der Waals surface area contributed by atoms with E-state index in [0.717, 1.165) is 6.92 Å². The van der Waals surface area contributed by atoms with Gasteiger partial charge in [0.2, 0.25) is 5.75 Å². The Kier molecular flexibility index (Phi) is 8.66. The van der Waals surface area contributed by atoms with E-state index in [1.807, 2.05) is 0 Å². The van der Waals surface area contributed by atoms with E-state index in [-0.39, 0.29) is 17.2 Å². The highest BCUT2D eigenvalue weighted by atomic mass is 19.1. The summed E-state index contributed by atoms with van der Waals surface area (Å²) >= 11 is 0. The summed E-state index contributed by atoms with van der Waals surface area (Å²) in [5, 5.41) is 2.38. The number of nitrogens with one attached hydrogen (secondary N) is 1. The second-order valence-electron chi connectivity index (χ2n) is 7.74. The lowest BCUT2D eigenvalue weighted by Crippen LogP contribution is -2.34. The number of ether oxygens (including phenoxy) is 3. The van der Waals surface area contributed by atoms with Gasteiger partial charge in [-0.25, -0.2) is 13.8 Å². The Morgan fingerprint density at radius 3 is 2.00 bits per heavy atom. The number of carbonyl (C=O) groups excluding carboxylic acids is 3. The molecule has 1 amide bonds. The van der Waals surface area contributed by atoms with Gasteiger partial charge in [-0.2, -0.15) is 0 Å². The molecule has 0 aliphatic carbocycles. The van der Waals surface area contributed by atoms with E-state index < -0.39 is 48.0 Å². The summed E-state index contributed by atoms with van der Waals surface area (Å²) in [7, 11) is 1.33. The summed E-state index contributed by atoms with van der Waals surface area (Å²) in [5.74, 6) is -3.68. The Morgan fingerprint density at radius 1 is 0.944 bits per heavy atom. The predicted octanol–water partition coefficient (Wildman–Crippen LogP) is 3.79. The van der Waals surface area contributed by atoms with Crippen LogP contribution in [0.2, 0.25) is 0 Å². The fourth-order valence-electron chi connectivity index (χ4n) is 3.62. The highest BCUT2D eigenvalue weighted by Crippen LogP contribution is 2.31. The second kappa shape index (κ2) is 11.9. The van der Waals surface area contributed by atoms with Crippen LogP contribution in [0.15, 0.2) is 60.8 Å². The molecule has 0 saturated heterocycles. The molecule has 10 heteroatoms. The number of halogens is 2. The first-order chi connectivity index (χ1) is 17.2. The molecule has 0 aliphatic heterocycles. The maximum Gasteiger partial charge on any atom is 0.325 e. The molecule has 36 heavy (non-hydrogen) atoms. The Bertz CT molecular complexity index is 1190. The molecule has 3 aromatic rings. The normalized spacial score (nSPS) is 11.5. The zero-order chi connectivity index (χ0) is 26.2. The van der Waals surface area contributed by atoms with Gasteiger partial charge in [-0.15, -0.1) is 0 Å². The first-order valence-electron chi connectivity index (χ1n) is 10.9. The van der Waals surface area contributed by atoms with Crippen molar-refractivity contribution in [2.45, 2.75) is 25.9 Å². The number of methoxy groups -OCH3 is 1. The Labute approximate surface area is 206 Å². The number of rotatable bonds is 9. The molecule has 1 aromatic heterocycles. The van der Waals surface area contributed by atoms with Crippen LogP contribution in [0.25, 0.3) is 0 Å². The molecule has 2 aromatic carbocycles. The molecule has 1 atom stereocenters. The van der Waals surface area contributed by atoms with Gasteiger partial charge in [-0.1, -0.05) is 24.3 Å². The number of hydrogen-bond acceptors (Lipinski definition) is 7. The summed E-state index contributed by atoms with van der Waals surface area (Å²) in [4.78, 5) is 40.6. The van der Waals surface area contributed by atoms with E-state index in [1.54, 1.807) is 31.2 Å². The minimum Gasteiger partial charge on any atom is -0.493 e. The monoisotopic (exact) mass is 498 g/mol. The average Bonchev–Trinajstić information content (AvgIpc) is 2.85. The van der Waals surface area contributed by atoms with Crippen molar-refractivity contribution in [3.63, 3.8) is 0 Å². The first-order valence-corrected chi connectivity index (χ1v) is 10.9.